The number of nitrogens with one attached hydrogen (secondary N) is 1. The first-order valence-electron chi connectivity index (χ1n) is 10.6. The minimum atomic E-state index is -3.54. The molecular formula is C20H28N6O4S. The van der Waals surface area contributed by atoms with E-state index in [4.69, 9.17) is 9.47 Å². The SMILES string of the molecule is O=S(=O)(CCOc1ccccc1)NCc1nc(N2CCCC2)nc(N2CCOCC2)n1. The van der Waals surface area contributed by atoms with Crippen LogP contribution >= 0.6 is 0 Å². The number of hydrogen-bond acceptors (Lipinski definition) is 9. The molecule has 3 heterocycles. The third-order valence-electron chi connectivity index (χ3n) is 5.16. The van der Waals surface area contributed by atoms with Crippen LogP contribution in [-0.2, 0) is 21.3 Å². The van der Waals surface area contributed by atoms with E-state index in [2.05, 4.69) is 29.5 Å². The van der Waals surface area contributed by atoms with Crippen LogP contribution in [0.5, 0.6) is 5.75 Å². The fraction of sp³-hybridized carbons (Fsp3) is 0.550. The molecule has 2 aliphatic heterocycles. The number of para-hydroxylation sites is 1. The van der Waals surface area contributed by atoms with Gasteiger partial charge < -0.3 is 19.3 Å². The lowest BCUT2D eigenvalue weighted by atomic mass is 10.3. The Kier molecular flexibility index (Phi) is 7.15. The second-order valence-electron chi connectivity index (χ2n) is 7.45. The van der Waals surface area contributed by atoms with E-state index in [1.807, 2.05) is 18.2 Å². The normalized spacial score (nSPS) is 17.2. The zero-order chi connectivity index (χ0) is 21.5. The Morgan fingerprint density at radius 3 is 2.26 bits per heavy atom. The Hall–Kier alpha value is -2.50. The van der Waals surface area contributed by atoms with Crippen molar-refractivity contribution in [2.45, 2.75) is 19.4 Å². The van der Waals surface area contributed by atoms with Gasteiger partial charge in [0.05, 0.1) is 25.5 Å². The smallest absolute Gasteiger partial charge is 0.230 e. The third kappa shape index (κ3) is 6.25. The van der Waals surface area contributed by atoms with Gasteiger partial charge in [-0.25, -0.2) is 13.1 Å². The molecule has 31 heavy (non-hydrogen) atoms. The van der Waals surface area contributed by atoms with Gasteiger partial charge in [0.15, 0.2) is 5.82 Å². The summed E-state index contributed by atoms with van der Waals surface area (Å²) in [4.78, 5) is 17.9. The van der Waals surface area contributed by atoms with Gasteiger partial charge in [-0.15, -0.1) is 0 Å². The molecule has 168 valence electrons. The van der Waals surface area contributed by atoms with Crippen LogP contribution in [0.1, 0.15) is 18.7 Å². The number of sulfonamides is 1. The second kappa shape index (κ2) is 10.2. The largest absolute Gasteiger partial charge is 0.492 e. The van der Waals surface area contributed by atoms with Gasteiger partial charge in [0.2, 0.25) is 21.9 Å². The lowest BCUT2D eigenvalue weighted by Gasteiger charge is -2.28. The van der Waals surface area contributed by atoms with Crippen molar-refractivity contribution < 1.29 is 17.9 Å². The fourth-order valence-corrected chi connectivity index (χ4v) is 4.27. The molecule has 0 bridgehead atoms. The Morgan fingerprint density at radius 2 is 1.58 bits per heavy atom. The van der Waals surface area contributed by atoms with Crippen molar-refractivity contribution in [3.05, 3.63) is 36.2 Å². The van der Waals surface area contributed by atoms with Gasteiger partial charge >= 0.3 is 0 Å². The van der Waals surface area contributed by atoms with Gasteiger partial charge in [0, 0.05) is 26.2 Å². The summed E-state index contributed by atoms with van der Waals surface area (Å²) < 4.78 is 38.3. The van der Waals surface area contributed by atoms with E-state index in [-0.39, 0.29) is 18.9 Å². The van der Waals surface area contributed by atoms with Crippen LogP contribution in [0.15, 0.2) is 30.3 Å². The van der Waals surface area contributed by atoms with Gasteiger partial charge in [0.25, 0.3) is 0 Å². The number of aromatic nitrogens is 3. The summed E-state index contributed by atoms with van der Waals surface area (Å²) >= 11 is 0. The number of rotatable bonds is 9. The molecule has 1 aromatic heterocycles. The standard InChI is InChI=1S/C20H28N6O4S/c27-31(28,15-14-30-17-6-2-1-3-7-17)21-16-18-22-19(25-8-4-5-9-25)24-20(23-18)26-10-12-29-13-11-26/h1-3,6-7,21H,4-5,8-16H2. The first-order chi connectivity index (χ1) is 15.1. The summed E-state index contributed by atoms with van der Waals surface area (Å²) in [7, 11) is -3.54. The summed E-state index contributed by atoms with van der Waals surface area (Å²) in [5.74, 6) is 2.08. The van der Waals surface area contributed by atoms with Crippen LogP contribution in [0.2, 0.25) is 0 Å². The van der Waals surface area contributed by atoms with E-state index < -0.39 is 10.0 Å². The van der Waals surface area contributed by atoms with E-state index >= 15 is 0 Å². The van der Waals surface area contributed by atoms with E-state index in [0.717, 1.165) is 25.9 Å². The summed E-state index contributed by atoms with van der Waals surface area (Å²) in [5.41, 5.74) is 0. The average Bonchev–Trinajstić information content (AvgIpc) is 3.34. The van der Waals surface area contributed by atoms with Gasteiger partial charge in [-0.2, -0.15) is 15.0 Å². The maximum Gasteiger partial charge on any atom is 0.230 e. The molecule has 0 saturated carbocycles. The lowest BCUT2D eigenvalue weighted by molar-refractivity contribution is 0.122. The molecular weight excluding hydrogens is 420 g/mol. The molecule has 0 aliphatic carbocycles. The molecule has 0 unspecified atom stereocenters. The first-order valence-corrected chi connectivity index (χ1v) is 12.2. The average molecular weight is 449 g/mol. The first kappa shape index (κ1) is 21.7. The van der Waals surface area contributed by atoms with Crippen molar-refractivity contribution in [2.24, 2.45) is 0 Å². The van der Waals surface area contributed by atoms with E-state index in [9.17, 15) is 8.42 Å². The molecule has 11 heteroatoms. The van der Waals surface area contributed by atoms with Crippen LogP contribution in [0.3, 0.4) is 0 Å². The summed E-state index contributed by atoms with van der Waals surface area (Å²) in [5, 5.41) is 0. The third-order valence-corrected chi connectivity index (χ3v) is 6.44. The molecule has 2 aliphatic rings. The zero-order valence-electron chi connectivity index (χ0n) is 17.4. The van der Waals surface area contributed by atoms with E-state index in [0.29, 0.717) is 49.8 Å². The highest BCUT2D eigenvalue weighted by atomic mass is 32.2. The molecule has 1 aromatic carbocycles. The van der Waals surface area contributed by atoms with Crippen LogP contribution in [-0.4, -0.2) is 75.1 Å². The van der Waals surface area contributed by atoms with Crippen LogP contribution < -0.4 is 19.3 Å². The molecule has 0 spiro atoms. The number of anilines is 2. The molecule has 0 atom stereocenters. The highest BCUT2D eigenvalue weighted by molar-refractivity contribution is 7.89. The van der Waals surface area contributed by atoms with Crippen LogP contribution in [0.4, 0.5) is 11.9 Å². The monoisotopic (exact) mass is 448 g/mol. The van der Waals surface area contributed by atoms with Crippen molar-refractivity contribution in [1.82, 2.24) is 19.7 Å². The molecule has 2 aromatic rings. The number of nitrogens with zero attached hydrogens (tertiary/aromatic N) is 5. The quantitative estimate of drug-likeness (QED) is 0.596. The minimum Gasteiger partial charge on any atom is -0.492 e. The Bertz CT molecular complexity index is 947. The van der Waals surface area contributed by atoms with Crippen molar-refractivity contribution in [3.63, 3.8) is 0 Å². The van der Waals surface area contributed by atoms with Gasteiger partial charge in [0.1, 0.15) is 12.4 Å². The van der Waals surface area contributed by atoms with E-state index in [1.54, 1.807) is 12.1 Å². The van der Waals surface area contributed by atoms with Crippen molar-refractivity contribution in [1.29, 1.82) is 0 Å². The molecule has 1 N–H and O–H groups in total. The molecule has 0 radical (unpaired) electrons. The number of hydrogen-bond donors (Lipinski definition) is 1. The molecule has 0 amide bonds. The topological polar surface area (TPSA) is 110 Å². The summed E-state index contributed by atoms with van der Waals surface area (Å²) in [6, 6.07) is 9.14. The van der Waals surface area contributed by atoms with Gasteiger partial charge in [-0.05, 0) is 25.0 Å². The van der Waals surface area contributed by atoms with Crippen LogP contribution in [0, 0.1) is 0 Å². The van der Waals surface area contributed by atoms with E-state index in [1.165, 1.54) is 0 Å². The second-order valence-corrected chi connectivity index (χ2v) is 9.37. The lowest BCUT2D eigenvalue weighted by Crippen LogP contribution is -2.38. The number of ether oxygens (including phenoxy) is 2. The van der Waals surface area contributed by atoms with Crippen molar-refractivity contribution >= 4 is 21.9 Å². The fourth-order valence-electron chi connectivity index (χ4n) is 3.47. The minimum absolute atomic E-state index is 0.00830. The maximum absolute atomic E-state index is 12.4. The predicted octanol–water partition coefficient (Wildman–Crippen LogP) is 0.807. The van der Waals surface area contributed by atoms with Crippen molar-refractivity contribution in [2.75, 3.05) is 61.6 Å². The molecule has 10 nitrogen and oxygen atoms in total. The number of benzene rings is 1. The van der Waals surface area contributed by atoms with Gasteiger partial charge in [-0.1, -0.05) is 18.2 Å². The Labute approximate surface area is 182 Å². The maximum atomic E-state index is 12.4. The highest BCUT2D eigenvalue weighted by Crippen LogP contribution is 2.19. The predicted molar refractivity (Wildman–Crippen MR) is 117 cm³/mol. The molecule has 2 saturated heterocycles. The summed E-state index contributed by atoms with van der Waals surface area (Å²) in [6.45, 7) is 4.51. The Morgan fingerprint density at radius 1 is 0.935 bits per heavy atom. The summed E-state index contributed by atoms with van der Waals surface area (Å²) in [6.07, 6.45) is 2.20. The molecule has 4 rings (SSSR count). The van der Waals surface area contributed by atoms with Crippen LogP contribution in [0.25, 0.3) is 0 Å². The number of morpholine rings is 1. The highest BCUT2D eigenvalue weighted by Gasteiger charge is 2.21. The van der Waals surface area contributed by atoms with Crippen molar-refractivity contribution in [3.8, 4) is 5.75 Å². The Balaban J connectivity index is 1.40. The molecule has 2 fully saturated rings. The zero-order valence-corrected chi connectivity index (χ0v) is 18.3. The van der Waals surface area contributed by atoms with Gasteiger partial charge in [-0.3, -0.25) is 0 Å².